The number of rotatable bonds is 3. The maximum atomic E-state index is 11.4. The Hall–Kier alpha value is -1.06. The molecule has 1 aromatic carbocycles. The Balaban J connectivity index is 2.25. The number of halogens is 1. The first-order valence-electron chi connectivity index (χ1n) is 5.90. The lowest BCUT2D eigenvalue weighted by atomic mass is 9.86. The van der Waals surface area contributed by atoms with Crippen LogP contribution in [-0.2, 0) is 4.79 Å². The van der Waals surface area contributed by atoms with E-state index in [1.165, 1.54) is 0 Å². The number of benzene rings is 1. The highest BCUT2D eigenvalue weighted by molar-refractivity contribution is 6.30. The van der Waals surface area contributed by atoms with Crippen molar-refractivity contribution in [1.29, 1.82) is 0 Å². The maximum absolute atomic E-state index is 11.4. The van der Waals surface area contributed by atoms with Gasteiger partial charge in [0.25, 0.3) is 0 Å². The summed E-state index contributed by atoms with van der Waals surface area (Å²) in [6, 6.07) is 7.16. The zero-order valence-corrected chi connectivity index (χ0v) is 10.3. The third-order valence-electron chi connectivity index (χ3n) is 3.22. The third kappa shape index (κ3) is 2.99. The second-order valence-electron chi connectivity index (χ2n) is 4.43. The summed E-state index contributed by atoms with van der Waals surface area (Å²) < 4.78 is 0. The van der Waals surface area contributed by atoms with Crippen LogP contribution in [0.3, 0.4) is 0 Å². The largest absolute Gasteiger partial charge is 0.481 e. The minimum absolute atomic E-state index is 0.0136. The molecule has 2 atom stereocenters. The highest BCUT2D eigenvalue weighted by Crippen LogP contribution is 2.27. The molecular weight excluding hydrogens is 238 g/mol. The normalized spacial score (nSPS) is 22.1. The molecule has 0 bridgehead atoms. The van der Waals surface area contributed by atoms with Gasteiger partial charge in [-0.15, -0.1) is 0 Å². The van der Waals surface area contributed by atoms with Crippen molar-refractivity contribution in [2.24, 2.45) is 0 Å². The van der Waals surface area contributed by atoms with E-state index in [0.717, 1.165) is 31.4 Å². The average molecular weight is 254 g/mol. The highest BCUT2D eigenvalue weighted by atomic mass is 35.5. The summed E-state index contributed by atoms with van der Waals surface area (Å²) in [6.07, 6.45) is 3.11. The van der Waals surface area contributed by atoms with Gasteiger partial charge in [-0.25, -0.2) is 0 Å². The molecule has 1 aliphatic rings. The van der Waals surface area contributed by atoms with Crippen molar-refractivity contribution < 1.29 is 9.90 Å². The van der Waals surface area contributed by atoms with E-state index in [1.54, 1.807) is 18.2 Å². The molecule has 0 amide bonds. The molecule has 17 heavy (non-hydrogen) atoms. The van der Waals surface area contributed by atoms with Gasteiger partial charge in [-0.1, -0.05) is 30.2 Å². The van der Waals surface area contributed by atoms with E-state index in [2.05, 4.69) is 5.32 Å². The number of carbonyl (C=O) groups is 1. The molecule has 2 rings (SSSR count). The number of piperidine rings is 1. The number of aliphatic carboxylic acids is 1. The molecule has 1 saturated heterocycles. The van der Waals surface area contributed by atoms with Crippen molar-refractivity contribution >= 4 is 17.6 Å². The summed E-state index contributed by atoms with van der Waals surface area (Å²) in [6.45, 7) is 0.898. The summed E-state index contributed by atoms with van der Waals surface area (Å²) in [5.74, 6) is -1.29. The zero-order valence-electron chi connectivity index (χ0n) is 9.53. The van der Waals surface area contributed by atoms with Crippen molar-refractivity contribution in [2.75, 3.05) is 6.54 Å². The van der Waals surface area contributed by atoms with Crippen molar-refractivity contribution in [3.8, 4) is 0 Å². The molecule has 4 heteroatoms. The van der Waals surface area contributed by atoms with Gasteiger partial charge in [-0.2, -0.15) is 0 Å². The molecule has 3 nitrogen and oxygen atoms in total. The standard InChI is InChI=1S/C13H16ClNO2/c14-10-5-3-4-9(8-10)12(13(16)17)11-6-1-2-7-15-11/h3-5,8,11-12,15H,1-2,6-7H2,(H,16,17)/t11-,12+/m1/s1. The summed E-state index contributed by atoms with van der Waals surface area (Å²) in [4.78, 5) is 11.4. The van der Waals surface area contributed by atoms with Gasteiger partial charge in [0.2, 0.25) is 0 Å². The lowest BCUT2D eigenvalue weighted by Gasteiger charge is -2.29. The van der Waals surface area contributed by atoms with Gasteiger partial charge in [0.05, 0.1) is 5.92 Å². The molecule has 0 spiro atoms. The quantitative estimate of drug-likeness (QED) is 0.871. The Morgan fingerprint density at radius 1 is 1.47 bits per heavy atom. The molecule has 0 aromatic heterocycles. The second kappa shape index (κ2) is 5.52. The van der Waals surface area contributed by atoms with Crippen LogP contribution in [0.25, 0.3) is 0 Å². The van der Waals surface area contributed by atoms with E-state index in [4.69, 9.17) is 11.6 Å². The van der Waals surface area contributed by atoms with Crippen LogP contribution in [0.1, 0.15) is 30.7 Å². The first kappa shape index (κ1) is 12.4. The van der Waals surface area contributed by atoms with Crippen LogP contribution in [0.2, 0.25) is 5.02 Å². The Bertz CT molecular complexity index is 402. The molecular formula is C13H16ClNO2. The van der Waals surface area contributed by atoms with Crippen molar-refractivity contribution in [3.05, 3.63) is 34.9 Å². The molecule has 0 radical (unpaired) electrons. The van der Waals surface area contributed by atoms with Gasteiger partial charge in [0, 0.05) is 11.1 Å². The molecule has 1 heterocycles. The number of hydrogen-bond donors (Lipinski definition) is 2. The number of nitrogens with one attached hydrogen (secondary N) is 1. The van der Waals surface area contributed by atoms with Gasteiger partial charge in [0.15, 0.2) is 0 Å². The minimum atomic E-state index is -0.785. The maximum Gasteiger partial charge on any atom is 0.312 e. The fourth-order valence-electron chi connectivity index (χ4n) is 2.41. The first-order valence-corrected chi connectivity index (χ1v) is 6.28. The van der Waals surface area contributed by atoms with Gasteiger partial charge in [-0.3, -0.25) is 4.79 Å². The van der Waals surface area contributed by atoms with Gasteiger partial charge >= 0.3 is 5.97 Å². The van der Waals surface area contributed by atoms with Crippen molar-refractivity contribution in [1.82, 2.24) is 5.32 Å². The van der Waals surface area contributed by atoms with E-state index in [9.17, 15) is 9.90 Å². The minimum Gasteiger partial charge on any atom is -0.481 e. The lowest BCUT2D eigenvalue weighted by molar-refractivity contribution is -0.139. The van der Waals surface area contributed by atoms with Crippen molar-refractivity contribution in [2.45, 2.75) is 31.2 Å². The van der Waals surface area contributed by atoms with Crippen molar-refractivity contribution in [3.63, 3.8) is 0 Å². The highest BCUT2D eigenvalue weighted by Gasteiger charge is 2.30. The van der Waals surface area contributed by atoms with E-state index in [-0.39, 0.29) is 6.04 Å². The monoisotopic (exact) mass is 253 g/mol. The Morgan fingerprint density at radius 3 is 2.88 bits per heavy atom. The molecule has 1 fully saturated rings. The van der Waals surface area contributed by atoms with Crippen LogP contribution < -0.4 is 5.32 Å². The fourth-order valence-corrected chi connectivity index (χ4v) is 2.61. The average Bonchev–Trinajstić information content (AvgIpc) is 2.30. The zero-order chi connectivity index (χ0) is 12.3. The van der Waals surface area contributed by atoms with Gasteiger partial charge in [0.1, 0.15) is 0 Å². The molecule has 0 aliphatic carbocycles. The second-order valence-corrected chi connectivity index (χ2v) is 4.86. The summed E-state index contributed by atoms with van der Waals surface area (Å²) >= 11 is 5.92. The van der Waals surface area contributed by atoms with E-state index in [1.807, 2.05) is 6.07 Å². The fraction of sp³-hybridized carbons (Fsp3) is 0.462. The molecule has 1 aromatic rings. The molecule has 1 aliphatic heterocycles. The lowest BCUT2D eigenvalue weighted by Crippen LogP contribution is -2.41. The van der Waals surface area contributed by atoms with Crippen LogP contribution in [0.4, 0.5) is 0 Å². The molecule has 92 valence electrons. The molecule has 2 N–H and O–H groups in total. The van der Waals surface area contributed by atoms with Crippen LogP contribution in [0.15, 0.2) is 24.3 Å². The van der Waals surface area contributed by atoms with E-state index >= 15 is 0 Å². The van der Waals surface area contributed by atoms with E-state index in [0.29, 0.717) is 5.02 Å². The number of carboxylic acids is 1. The summed E-state index contributed by atoms with van der Waals surface area (Å²) in [5.41, 5.74) is 0.782. The Labute approximate surface area is 106 Å². The van der Waals surface area contributed by atoms with Crippen LogP contribution in [0.5, 0.6) is 0 Å². The molecule has 0 saturated carbocycles. The first-order chi connectivity index (χ1) is 8.18. The molecule has 0 unspecified atom stereocenters. The Kier molecular flexibility index (Phi) is 4.02. The van der Waals surface area contributed by atoms with Crippen LogP contribution in [-0.4, -0.2) is 23.7 Å². The Morgan fingerprint density at radius 2 is 2.29 bits per heavy atom. The van der Waals surface area contributed by atoms with Crippen LogP contribution in [0, 0.1) is 0 Å². The summed E-state index contributed by atoms with van der Waals surface area (Å²) in [7, 11) is 0. The predicted molar refractivity (Wildman–Crippen MR) is 67.5 cm³/mol. The SMILES string of the molecule is O=C(O)[C@@H](c1cccc(Cl)c1)[C@H]1CCCCN1. The van der Waals surface area contributed by atoms with E-state index < -0.39 is 11.9 Å². The predicted octanol–water partition coefficient (Wildman–Crippen LogP) is 2.65. The number of carboxylic acid groups (broad SMARTS) is 1. The van der Waals surface area contributed by atoms with Gasteiger partial charge in [-0.05, 0) is 37.1 Å². The smallest absolute Gasteiger partial charge is 0.312 e. The van der Waals surface area contributed by atoms with Gasteiger partial charge < -0.3 is 10.4 Å². The summed E-state index contributed by atoms with van der Waals surface area (Å²) in [5, 5.41) is 13.3. The number of hydrogen-bond acceptors (Lipinski definition) is 2. The topological polar surface area (TPSA) is 49.3 Å². The third-order valence-corrected chi connectivity index (χ3v) is 3.46. The van der Waals surface area contributed by atoms with Crippen LogP contribution >= 0.6 is 11.6 Å².